The molecule has 35 heavy (non-hydrogen) atoms. The highest BCUT2D eigenvalue weighted by molar-refractivity contribution is 6.30. The molecule has 0 aliphatic heterocycles. The Balaban J connectivity index is 1.88. The van der Waals surface area contributed by atoms with Crippen molar-refractivity contribution in [1.29, 1.82) is 0 Å². The monoisotopic (exact) mass is 503 g/mol. The number of esters is 1. The van der Waals surface area contributed by atoms with Gasteiger partial charge in [-0.2, -0.15) is 0 Å². The second-order valence-electron chi connectivity index (χ2n) is 11.3. The van der Waals surface area contributed by atoms with Crippen molar-refractivity contribution in [3.05, 3.63) is 47.5 Å². The van der Waals surface area contributed by atoms with Crippen LogP contribution >= 0.6 is 11.6 Å². The van der Waals surface area contributed by atoms with Crippen LogP contribution in [0.2, 0.25) is 5.02 Å². The number of aliphatic hydroxyl groups is 1. The number of carbonyl (C=O) groups excluding carboxylic acids is 2. The first kappa shape index (κ1) is 27.9. The molecule has 0 saturated heterocycles. The quantitative estimate of drug-likeness (QED) is 0.365. The number of ether oxygens (including phenoxy) is 1. The Morgan fingerprint density at radius 1 is 1.31 bits per heavy atom. The van der Waals surface area contributed by atoms with E-state index in [-0.39, 0.29) is 36.1 Å². The molecule has 3 unspecified atom stereocenters. The molecule has 3 rings (SSSR count). The van der Waals surface area contributed by atoms with E-state index in [1.54, 1.807) is 13.0 Å². The van der Waals surface area contributed by atoms with Crippen LogP contribution in [0.25, 0.3) is 0 Å². The van der Waals surface area contributed by atoms with Gasteiger partial charge in [0, 0.05) is 28.3 Å². The van der Waals surface area contributed by atoms with Crippen LogP contribution in [0.1, 0.15) is 65.9 Å². The summed E-state index contributed by atoms with van der Waals surface area (Å²) in [7, 11) is 0. The number of carbonyl (C=O) groups is 2. The Morgan fingerprint density at radius 3 is 2.63 bits per heavy atom. The smallest absolute Gasteiger partial charge is 0.320 e. The zero-order chi connectivity index (χ0) is 26.0. The lowest BCUT2D eigenvalue weighted by Crippen LogP contribution is -2.58. The molecular weight excluding hydrogens is 462 g/mol. The van der Waals surface area contributed by atoms with E-state index in [0.29, 0.717) is 31.0 Å². The molecule has 0 spiro atoms. The lowest BCUT2D eigenvalue weighted by atomic mass is 9.50. The van der Waals surface area contributed by atoms with Crippen molar-refractivity contribution >= 4 is 23.4 Å². The van der Waals surface area contributed by atoms with E-state index < -0.39 is 23.0 Å². The second kappa shape index (κ2) is 11.1. The van der Waals surface area contributed by atoms with Crippen molar-refractivity contribution < 1.29 is 19.4 Å². The van der Waals surface area contributed by atoms with Crippen LogP contribution in [0.3, 0.4) is 0 Å². The number of fused-ring (bicyclic) bond motifs is 2. The molecule has 2 fully saturated rings. The summed E-state index contributed by atoms with van der Waals surface area (Å²) in [5.41, 5.74) is -0.0688. The van der Waals surface area contributed by atoms with Crippen molar-refractivity contribution in [2.24, 2.45) is 28.6 Å². The number of hydrogen-bond acceptors (Lipinski definition) is 5. The molecule has 2 saturated carbocycles. The summed E-state index contributed by atoms with van der Waals surface area (Å²) in [6.07, 6.45) is 3.53. The Bertz CT molecular complexity index is 935. The number of nitrogens with zero attached hydrogens (tertiary/aromatic N) is 1. The Hall–Kier alpha value is -1.69. The van der Waals surface area contributed by atoms with Gasteiger partial charge in [0.2, 0.25) is 0 Å². The average molecular weight is 504 g/mol. The Morgan fingerprint density at radius 2 is 2.03 bits per heavy atom. The van der Waals surface area contributed by atoms with E-state index in [4.69, 9.17) is 16.3 Å². The first-order chi connectivity index (χ1) is 16.4. The van der Waals surface area contributed by atoms with Crippen LogP contribution in [-0.4, -0.2) is 47.1 Å². The zero-order valence-corrected chi connectivity index (χ0v) is 22.7. The molecule has 5 nitrogen and oxygen atoms in total. The van der Waals surface area contributed by atoms with Crippen LogP contribution < -0.4 is 0 Å². The predicted octanol–water partition coefficient (Wildman–Crippen LogP) is 5.68. The van der Waals surface area contributed by atoms with Crippen LogP contribution in [-0.2, 0) is 20.9 Å². The molecule has 0 heterocycles. The van der Waals surface area contributed by atoms with Crippen molar-refractivity contribution in [2.75, 3.05) is 13.1 Å². The number of aliphatic hydroxyl groups excluding tert-OH is 1. The maximum absolute atomic E-state index is 13.3. The molecule has 1 aromatic carbocycles. The van der Waals surface area contributed by atoms with Gasteiger partial charge in [0.15, 0.2) is 0 Å². The third-order valence-electron chi connectivity index (χ3n) is 9.05. The van der Waals surface area contributed by atoms with Gasteiger partial charge in [-0.15, -0.1) is 6.58 Å². The second-order valence-corrected chi connectivity index (χ2v) is 11.7. The maximum Gasteiger partial charge on any atom is 0.320 e. The lowest BCUT2D eigenvalue weighted by Gasteiger charge is -2.56. The van der Waals surface area contributed by atoms with Gasteiger partial charge in [-0.05, 0) is 68.7 Å². The number of rotatable bonds is 8. The fraction of sp³-hybridized carbons (Fsp3) is 0.655. The largest absolute Gasteiger partial charge is 0.461 e. The number of ketones is 1. The molecule has 194 valence electrons. The van der Waals surface area contributed by atoms with E-state index in [1.165, 1.54) is 0 Å². The van der Waals surface area contributed by atoms with Crippen LogP contribution in [0.5, 0.6) is 0 Å². The first-order valence-electron chi connectivity index (χ1n) is 12.9. The average Bonchev–Trinajstić information content (AvgIpc) is 2.79. The SMILES string of the molecule is C=C[C@]1(C)C[C@@H](OC(=O)CN(CC)Cc2cccc(Cl)c2)[C@]2(C)C(C)CCC(C[C@@H]1O)C2C(C)=O. The topological polar surface area (TPSA) is 66.8 Å². The summed E-state index contributed by atoms with van der Waals surface area (Å²) in [5.74, 6) is -0.154. The normalized spacial score (nSPS) is 35.1. The summed E-state index contributed by atoms with van der Waals surface area (Å²) in [5, 5.41) is 11.8. The van der Waals surface area contributed by atoms with Gasteiger partial charge in [0.05, 0.1) is 12.6 Å². The number of likely N-dealkylation sites (N-methyl/N-ethyl adjacent to an activating group) is 1. The summed E-state index contributed by atoms with van der Waals surface area (Å²) < 4.78 is 6.29. The van der Waals surface area contributed by atoms with Gasteiger partial charge >= 0.3 is 5.97 Å². The lowest BCUT2D eigenvalue weighted by molar-refractivity contribution is -0.186. The van der Waals surface area contributed by atoms with Crippen molar-refractivity contribution in [3.8, 4) is 0 Å². The van der Waals surface area contributed by atoms with Gasteiger partial charge in [-0.3, -0.25) is 14.5 Å². The van der Waals surface area contributed by atoms with Gasteiger partial charge in [0.25, 0.3) is 0 Å². The maximum atomic E-state index is 13.3. The molecule has 2 aliphatic rings. The number of hydrogen-bond donors (Lipinski definition) is 1. The van der Waals surface area contributed by atoms with Crippen molar-refractivity contribution in [3.63, 3.8) is 0 Å². The minimum Gasteiger partial charge on any atom is -0.461 e. The van der Waals surface area contributed by atoms with E-state index in [0.717, 1.165) is 18.4 Å². The zero-order valence-electron chi connectivity index (χ0n) is 21.9. The van der Waals surface area contributed by atoms with Crippen molar-refractivity contribution in [1.82, 2.24) is 4.90 Å². The van der Waals surface area contributed by atoms with E-state index in [1.807, 2.05) is 43.0 Å². The van der Waals surface area contributed by atoms with Gasteiger partial charge < -0.3 is 9.84 Å². The highest BCUT2D eigenvalue weighted by Gasteiger charge is 2.58. The van der Waals surface area contributed by atoms with Crippen LogP contribution in [0.15, 0.2) is 36.9 Å². The minimum absolute atomic E-state index is 0.0689. The van der Waals surface area contributed by atoms with E-state index in [9.17, 15) is 14.7 Å². The van der Waals surface area contributed by atoms with Crippen molar-refractivity contribution in [2.45, 2.75) is 79.1 Å². The van der Waals surface area contributed by atoms with Gasteiger partial charge in [0.1, 0.15) is 11.9 Å². The molecule has 1 aromatic rings. The fourth-order valence-corrected chi connectivity index (χ4v) is 6.76. The number of halogens is 1. The summed E-state index contributed by atoms with van der Waals surface area (Å²) in [6, 6.07) is 7.64. The number of Topliss-reactive ketones (excluding diaryl/α,β-unsaturated/α-hetero) is 1. The highest BCUT2D eigenvalue weighted by atomic mass is 35.5. The fourth-order valence-electron chi connectivity index (χ4n) is 6.55. The standard InChI is InChI=1S/C29H42ClNO4/c1-7-28(5)16-25(29(6)19(3)12-13-22(15-24(28)33)27(29)20(4)32)35-26(34)18-31(8-2)17-21-10-9-11-23(30)14-21/h7,9-11,14,19,22,24-25,27,33H,1,8,12-13,15-18H2,2-6H3/t19?,22?,24-,25+,27?,28+,29-/m0/s1. The number of benzene rings is 1. The predicted molar refractivity (Wildman–Crippen MR) is 140 cm³/mol. The molecule has 1 N–H and O–H groups in total. The van der Waals surface area contributed by atoms with Crippen LogP contribution in [0, 0.1) is 28.6 Å². The highest BCUT2D eigenvalue weighted by Crippen LogP contribution is 2.57. The Labute approximate surface area is 215 Å². The van der Waals surface area contributed by atoms with Gasteiger partial charge in [-0.1, -0.05) is 57.5 Å². The molecule has 0 amide bonds. The molecule has 7 atom stereocenters. The van der Waals surface area contributed by atoms with Gasteiger partial charge in [-0.25, -0.2) is 0 Å². The summed E-state index contributed by atoms with van der Waals surface area (Å²) in [4.78, 5) is 28.4. The first-order valence-corrected chi connectivity index (χ1v) is 13.3. The van der Waals surface area contributed by atoms with E-state index >= 15 is 0 Å². The van der Waals surface area contributed by atoms with E-state index in [2.05, 4.69) is 20.4 Å². The molecule has 6 heteroatoms. The summed E-state index contributed by atoms with van der Waals surface area (Å²) in [6.45, 7) is 15.4. The molecule has 0 radical (unpaired) electrons. The molecule has 2 aliphatic carbocycles. The summed E-state index contributed by atoms with van der Waals surface area (Å²) >= 11 is 6.14. The third kappa shape index (κ3) is 5.84. The minimum atomic E-state index is -0.638. The Kier molecular flexibility index (Phi) is 8.88. The molecule has 2 bridgehead atoms. The third-order valence-corrected chi connectivity index (χ3v) is 9.29. The molecule has 0 aromatic heterocycles. The van der Waals surface area contributed by atoms with Crippen LogP contribution in [0.4, 0.5) is 0 Å². The molecular formula is C29H42ClNO4.